The maximum Gasteiger partial charge on any atom is 0.253 e. The third-order valence-corrected chi connectivity index (χ3v) is 5.24. The molecule has 2 aromatic rings. The molecule has 0 unspecified atom stereocenters. The Morgan fingerprint density at radius 2 is 1.96 bits per heavy atom. The number of rotatable bonds is 6. The lowest BCUT2D eigenvalue weighted by Gasteiger charge is -2.18. The van der Waals surface area contributed by atoms with Crippen LogP contribution in [0.1, 0.15) is 15.9 Å². The molecule has 0 aliphatic rings. The van der Waals surface area contributed by atoms with Crippen molar-refractivity contribution in [2.75, 3.05) is 13.6 Å². The summed E-state index contributed by atoms with van der Waals surface area (Å²) in [4.78, 5) is 14.0. The van der Waals surface area contributed by atoms with Crippen LogP contribution < -0.4 is 4.72 Å². The van der Waals surface area contributed by atoms with Gasteiger partial charge in [-0.1, -0.05) is 41.8 Å². The number of nitrogens with zero attached hydrogens (tertiary/aromatic N) is 1. The first kappa shape index (κ1) is 19.0. The third-order valence-electron chi connectivity index (χ3n) is 3.47. The molecule has 2 aromatic carbocycles. The molecular weight excluding hydrogens is 360 g/mol. The molecule has 0 heterocycles. The fourth-order valence-electron chi connectivity index (χ4n) is 2.19. The average Bonchev–Trinajstić information content (AvgIpc) is 2.61. The summed E-state index contributed by atoms with van der Waals surface area (Å²) in [5.74, 6) is 1.89. The number of benzene rings is 2. The highest BCUT2D eigenvalue weighted by Crippen LogP contribution is 2.18. The van der Waals surface area contributed by atoms with E-state index in [1.54, 1.807) is 19.2 Å². The number of sulfonamides is 1. The van der Waals surface area contributed by atoms with E-state index in [4.69, 9.17) is 18.0 Å². The Kier molecular flexibility index (Phi) is 6.21. The molecule has 1 amide bonds. The van der Waals surface area contributed by atoms with Gasteiger partial charge in [0.05, 0.1) is 11.4 Å². The average molecular weight is 377 g/mol. The van der Waals surface area contributed by atoms with Gasteiger partial charge in [-0.3, -0.25) is 4.79 Å². The Bertz CT molecular complexity index is 920. The van der Waals surface area contributed by atoms with Gasteiger partial charge in [0.2, 0.25) is 10.0 Å². The summed E-state index contributed by atoms with van der Waals surface area (Å²) in [5.41, 5.74) is 1.07. The minimum Gasteiger partial charge on any atom is -0.337 e. The van der Waals surface area contributed by atoms with Gasteiger partial charge < -0.3 is 4.90 Å². The van der Waals surface area contributed by atoms with Gasteiger partial charge in [-0.25, -0.2) is 8.42 Å². The molecule has 0 radical (unpaired) electrons. The van der Waals surface area contributed by atoms with E-state index in [-0.39, 0.29) is 22.9 Å². The summed E-state index contributed by atoms with van der Waals surface area (Å²) in [7, 11) is -2.13. The molecule has 2 rings (SSSR count). The van der Waals surface area contributed by atoms with Crippen LogP contribution >= 0.6 is 11.6 Å². The van der Waals surface area contributed by atoms with Crippen LogP contribution in [0.5, 0.6) is 0 Å². The van der Waals surface area contributed by atoms with Crippen LogP contribution in [0.15, 0.2) is 53.4 Å². The molecule has 0 aliphatic carbocycles. The summed E-state index contributed by atoms with van der Waals surface area (Å²) < 4.78 is 26.5. The number of hydrogen-bond donors (Lipinski definition) is 1. The molecule has 130 valence electrons. The van der Waals surface area contributed by atoms with E-state index in [9.17, 15) is 13.2 Å². The Balaban J connectivity index is 2.21. The minimum absolute atomic E-state index is 0.0141. The first-order valence-electron chi connectivity index (χ1n) is 7.37. The molecule has 0 spiro atoms. The van der Waals surface area contributed by atoms with Crippen LogP contribution in [0.25, 0.3) is 0 Å². The largest absolute Gasteiger partial charge is 0.337 e. The summed E-state index contributed by atoms with van der Waals surface area (Å²) >= 11 is 6.11. The van der Waals surface area contributed by atoms with E-state index in [0.717, 1.165) is 5.56 Å². The van der Waals surface area contributed by atoms with Crippen molar-refractivity contribution in [3.8, 4) is 12.3 Å². The monoisotopic (exact) mass is 376 g/mol. The molecular formula is C18H17ClN2O3S. The summed E-state index contributed by atoms with van der Waals surface area (Å²) in [6.07, 6.45) is 5.07. The van der Waals surface area contributed by atoms with Gasteiger partial charge in [-0.2, -0.15) is 4.72 Å². The first-order chi connectivity index (χ1) is 11.8. The zero-order valence-corrected chi connectivity index (χ0v) is 15.1. The highest BCUT2D eigenvalue weighted by Gasteiger charge is 2.18. The molecule has 1 N–H and O–H groups in total. The van der Waals surface area contributed by atoms with Gasteiger partial charge in [0.1, 0.15) is 0 Å². The van der Waals surface area contributed by atoms with Gasteiger partial charge in [-0.15, -0.1) is 6.42 Å². The Hall–Kier alpha value is -2.33. The van der Waals surface area contributed by atoms with Gasteiger partial charge in [0, 0.05) is 24.2 Å². The van der Waals surface area contributed by atoms with E-state index in [2.05, 4.69) is 10.6 Å². The van der Waals surface area contributed by atoms with Gasteiger partial charge in [0.25, 0.3) is 5.91 Å². The van der Waals surface area contributed by atoms with Gasteiger partial charge in [0.15, 0.2) is 0 Å². The van der Waals surface area contributed by atoms with Crippen molar-refractivity contribution in [2.45, 2.75) is 11.4 Å². The molecule has 0 bridgehead atoms. The van der Waals surface area contributed by atoms with Crippen LogP contribution in [0.3, 0.4) is 0 Å². The maximum absolute atomic E-state index is 12.6. The minimum atomic E-state index is -3.75. The zero-order chi connectivity index (χ0) is 18.4. The zero-order valence-electron chi connectivity index (χ0n) is 13.6. The SMILES string of the molecule is C#CCNS(=O)(=O)c1cccc(C(=O)N(C)Cc2ccccc2Cl)c1. The standard InChI is InChI=1S/C18H17ClN2O3S/c1-3-11-20-25(23,24)16-9-6-8-14(12-16)18(22)21(2)13-15-7-4-5-10-17(15)19/h1,4-10,12,20H,11,13H2,2H3. The van der Waals surface area contributed by atoms with Crippen molar-refractivity contribution in [1.29, 1.82) is 0 Å². The number of amides is 1. The quantitative estimate of drug-likeness (QED) is 0.788. The van der Waals surface area contributed by atoms with Crippen molar-refractivity contribution in [1.82, 2.24) is 9.62 Å². The summed E-state index contributed by atoms with van der Waals surface area (Å²) in [6, 6.07) is 13.0. The van der Waals surface area contributed by atoms with Crippen molar-refractivity contribution < 1.29 is 13.2 Å². The van der Waals surface area contributed by atoms with Crippen molar-refractivity contribution >= 4 is 27.5 Å². The van der Waals surface area contributed by atoms with Crippen molar-refractivity contribution in [3.05, 3.63) is 64.7 Å². The number of terminal acetylenes is 1. The van der Waals surface area contributed by atoms with Crippen LogP contribution in [0.2, 0.25) is 5.02 Å². The highest BCUT2D eigenvalue weighted by molar-refractivity contribution is 7.89. The fourth-order valence-corrected chi connectivity index (χ4v) is 3.37. The second-order valence-electron chi connectivity index (χ2n) is 5.31. The third kappa shape index (κ3) is 4.83. The van der Waals surface area contributed by atoms with E-state index in [0.29, 0.717) is 11.6 Å². The molecule has 0 atom stereocenters. The lowest BCUT2D eigenvalue weighted by atomic mass is 10.1. The van der Waals surface area contributed by atoms with E-state index in [1.807, 2.05) is 18.2 Å². The van der Waals surface area contributed by atoms with E-state index < -0.39 is 10.0 Å². The lowest BCUT2D eigenvalue weighted by molar-refractivity contribution is 0.0785. The Labute approximate surface area is 152 Å². The fraction of sp³-hybridized carbons (Fsp3) is 0.167. The number of hydrogen-bond acceptors (Lipinski definition) is 3. The van der Waals surface area contributed by atoms with Gasteiger partial charge in [-0.05, 0) is 29.8 Å². The molecule has 0 aromatic heterocycles. The van der Waals surface area contributed by atoms with E-state index in [1.165, 1.54) is 23.1 Å². The maximum atomic E-state index is 12.6. The lowest BCUT2D eigenvalue weighted by Crippen LogP contribution is -2.27. The number of carbonyl (C=O) groups excluding carboxylic acids is 1. The molecule has 0 saturated carbocycles. The van der Waals surface area contributed by atoms with Crippen LogP contribution in [-0.4, -0.2) is 32.8 Å². The van der Waals surface area contributed by atoms with Crippen molar-refractivity contribution in [2.24, 2.45) is 0 Å². The predicted octanol–water partition coefficient (Wildman–Crippen LogP) is 2.52. The summed E-state index contributed by atoms with van der Waals surface area (Å²) in [6.45, 7) is 0.192. The van der Waals surface area contributed by atoms with Crippen molar-refractivity contribution in [3.63, 3.8) is 0 Å². The highest BCUT2D eigenvalue weighted by atomic mass is 35.5. The topological polar surface area (TPSA) is 66.5 Å². The Morgan fingerprint density at radius 3 is 2.64 bits per heavy atom. The van der Waals surface area contributed by atoms with Gasteiger partial charge >= 0.3 is 0 Å². The second-order valence-corrected chi connectivity index (χ2v) is 7.48. The smallest absolute Gasteiger partial charge is 0.253 e. The van der Waals surface area contributed by atoms with Crippen LogP contribution in [-0.2, 0) is 16.6 Å². The Morgan fingerprint density at radius 1 is 1.24 bits per heavy atom. The number of nitrogens with one attached hydrogen (secondary N) is 1. The molecule has 25 heavy (non-hydrogen) atoms. The van der Waals surface area contributed by atoms with Crippen LogP contribution in [0.4, 0.5) is 0 Å². The van der Waals surface area contributed by atoms with E-state index >= 15 is 0 Å². The van der Waals surface area contributed by atoms with Crippen LogP contribution in [0, 0.1) is 12.3 Å². The molecule has 5 nitrogen and oxygen atoms in total. The summed E-state index contributed by atoms with van der Waals surface area (Å²) in [5, 5.41) is 0.567. The number of halogens is 1. The molecule has 0 saturated heterocycles. The molecule has 7 heteroatoms. The second kappa shape index (κ2) is 8.17. The molecule has 0 fully saturated rings. The molecule has 0 aliphatic heterocycles. The number of carbonyl (C=O) groups is 1. The predicted molar refractivity (Wildman–Crippen MR) is 97.7 cm³/mol. The first-order valence-corrected chi connectivity index (χ1v) is 9.23. The normalized spacial score (nSPS) is 10.9.